The van der Waals surface area contributed by atoms with Crippen LogP contribution in [0.3, 0.4) is 0 Å². The number of halogens is 4. The van der Waals surface area contributed by atoms with Gasteiger partial charge in [-0.25, -0.2) is 19.0 Å². The first kappa shape index (κ1) is 33.1. The van der Waals surface area contributed by atoms with Gasteiger partial charge >= 0.3 is 17.8 Å². The van der Waals surface area contributed by atoms with Gasteiger partial charge in [-0.15, -0.1) is 0 Å². The predicted octanol–water partition coefficient (Wildman–Crippen LogP) is 4.96. The van der Waals surface area contributed by atoms with E-state index in [0.29, 0.717) is 35.0 Å². The third-order valence-electron chi connectivity index (χ3n) is 7.07. The summed E-state index contributed by atoms with van der Waals surface area (Å²) in [5.41, 5.74) is 7.31. The summed E-state index contributed by atoms with van der Waals surface area (Å²) in [5.74, 6) is -2.76. The summed E-state index contributed by atoms with van der Waals surface area (Å²) >= 11 is 1.62. The van der Waals surface area contributed by atoms with Gasteiger partial charge in [-0.3, -0.25) is 13.9 Å². The molecular weight excluding hydrogens is 578 g/mol. The molecule has 1 aromatic carbocycles. The maximum absolute atomic E-state index is 15.1. The van der Waals surface area contributed by atoms with Crippen molar-refractivity contribution in [2.45, 2.75) is 81.3 Å². The van der Waals surface area contributed by atoms with E-state index in [1.807, 2.05) is 24.5 Å². The van der Waals surface area contributed by atoms with Gasteiger partial charge in [-0.05, 0) is 32.3 Å². The summed E-state index contributed by atoms with van der Waals surface area (Å²) in [4.78, 5) is 40.5. The molecule has 0 aliphatic heterocycles. The number of aryl methyl sites for hydroxylation is 1. The van der Waals surface area contributed by atoms with Crippen molar-refractivity contribution in [3.63, 3.8) is 0 Å². The number of hydrogen-bond donors (Lipinski definition) is 2. The van der Waals surface area contributed by atoms with Crippen LogP contribution in [0.1, 0.15) is 57.7 Å². The van der Waals surface area contributed by atoms with Gasteiger partial charge in [0, 0.05) is 24.9 Å². The number of hydrogen-bond acceptors (Lipinski definition) is 6. The van der Waals surface area contributed by atoms with Gasteiger partial charge in [0.25, 0.3) is 5.56 Å². The van der Waals surface area contributed by atoms with Crippen LogP contribution < -0.4 is 17.0 Å². The zero-order chi connectivity index (χ0) is 31.2. The highest BCUT2D eigenvalue weighted by Gasteiger charge is 2.38. The van der Waals surface area contributed by atoms with E-state index >= 15 is 4.39 Å². The smallest absolute Gasteiger partial charge is 0.475 e. The first-order valence-electron chi connectivity index (χ1n) is 13.4. The van der Waals surface area contributed by atoms with Gasteiger partial charge < -0.3 is 15.4 Å². The van der Waals surface area contributed by atoms with Gasteiger partial charge in [0.2, 0.25) is 0 Å². The average molecular weight is 614 g/mol. The van der Waals surface area contributed by atoms with E-state index in [1.54, 1.807) is 49.1 Å². The highest BCUT2D eigenvalue weighted by molar-refractivity contribution is 8.00. The second kappa shape index (κ2) is 13.7. The fourth-order valence-corrected chi connectivity index (χ4v) is 6.07. The zero-order valence-electron chi connectivity index (χ0n) is 23.7. The maximum atomic E-state index is 15.1. The lowest BCUT2D eigenvalue weighted by Gasteiger charge is -2.35. The molecule has 42 heavy (non-hydrogen) atoms. The number of carbonyl (C=O) groups is 1. The monoisotopic (exact) mass is 613 g/mol. The molecule has 1 aliphatic carbocycles. The Bertz CT molecular complexity index is 1540. The lowest BCUT2D eigenvalue weighted by atomic mass is 9.88. The molecule has 1 aliphatic rings. The number of allylic oxidation sites excluding steroid dienone is 2. The molecule has 0 unspecified atom stereocenters. The third-order valence-corrected chi connectivity index (χ3v) is 8.57. The number of imidazole rings is 1. The van der Waals surface area contributed by atoms with Crippen LogP contribution >= 0.6 is 11.8 Å². The molecule has 0 spiro atoms. The Morgan fingerprint density at radius 1 is 1.14 bits per heavy atom. The van der Waals surface area contributed by atoms with Crippen molar-refractivity contribution >= 4 is 28.9 Å². The number of aliphatic carboxylic acids is 1. The molecule has 0 bridgehead atoms. The van der Waals surface area contributed by atoms with E-state index in [0.717, 1.165) is 35.8 Å². The number of fused-ring (bicyclic) bond motifs is 1. The summed E-state index contributed by atoms with van der Waals surface area (Å²) in [5, 5.41) is 7.80. The number of nitrogens with zero attached hydrogens (tertiary/aromatic N) is 4. The standard InChI is InChI=1S/C26H34FN5O2S.C2HF3O2/c1-18(2)12-15-31-21-22(29-24(31)35-26(17-28)13-8-5-9-14-26)30(3)25(34)32(23(21)33)16-20(27)19-10-6-4-7-11-19;3-2(4,5)1(6)7/h4,6-7,10-12,20H,5,8-9,13-17,28H2,1-3H3;(H,6,7)/t20-;/m1./s1. The summed E-state index contributed by atoms with van der Waals surface area (Å²) in [6.07, 6.45) is 0.861. The number of aromatic nitrogens is 4. The van der Waals surface area contributed by atoms with E-state index in [9.17, 15) is 22.8 Å². The first-order chi connectivity index (χ1) is 19.7. The molecule has 9 nitrogen and oxygen atoms in total. The molecule has 0 amide bonds. The Morgan fingerprint density at radius 2 is 1.74 bits per heavy atom. The molecule has 4 rings (SSSR count). The normalized spacial score (nSPS) is 15.5. The fourth-order valence-electron chi connectivity index (χ4n) is 4.70. The fraction of sp³-hybridized carbons (Fsp3) is 0.500. The SMILES string of the molecule is CC(C)=CCn1c(SC2(CN)CCCCC2)nc2c1c(=O)n(C[C@@H](F)c1ccccc1)c(=O)n2C.O=C(O)C(F)(F)F. The number of thioether (sulfide) groups is 1. The van der Waals surface area contributed by atoms with Crippen LogP contribution in [0.5, 0.6) is 0 Å². The van der Waals surface area contributed by atoms with Crippen molar-refractivity contribution in [2.75, 3.05) is 6.54 Å². The van der Waals surface area contributed by atoms with Crippen LogP contribution in [0.15, 0.2) is 56.7 Å². The largest absolute Gasteiger partial charge is 0.490 e. The molecule has 3 aromatic rings. The minimum atomic E-state index is -5.08. The van der Waals surface area contributed by atoms with Gasteiger partial charge in [0.05, 0.1) is 6.54 Å². The van der Waals surface area contributed by atoms with Gasteiger partial charge in [0.1, 0.15) is 6.17 Å². The number of carboxylic acids is 1. The van der Waals surface area contributed by atoms with Gasteiger partial charge in [-0.2, -0.15) is 13.2 Å². The molecule has 0 radical (unpaired) electrons. The Labute approximate surface area is 244 Å². The number of carboxylic acid groups (broad SMARTS) is 1. The van der Waals surface area contributed by atoms with E-state index < -0.39 is 29.6 Å². The molecule has 2 aromatic heterocycles. The Balaban J connectivity index is 0.000000616. The minimum Gasteiger partial charge on any atom is -0.475 e. The van der Waals surface area contributed by atoms with Crippen LogP contribution in [-0.4, -0.2) is 47.2 Å². The third kappa shape index (κ3) is 7.71. The molecule has 14 heteroatoms. The minimum absolute atomic E-state index is 0.141. The molecule has 230 valence electrons. The number of benzene rings is 1. The van der Waals surface area contributed by atoms with Crippen LogP contribution in [0.25, 0.3) is 11.2 Å². The Morgan fingerprint density at radius 3 is 2.26 bits per heavy atom. The topological polar surface area (TPSA) is 125 Å². The molecule has 3 N–H and O–H groups in total. The van der Waals surface area contributed by atoms with Gasteiger partial charge in [0.15, 0.2) is 16.3 Å². The van der Waals surface area contributed by atoms with Crippen molar-refractivity contribution in [3.8, 4) is 0 Å². The number of rotatable bonds is 8. The van der Waals surface area contributed by atoms with Crippen molar-refractivity contribution in [1.29, 1.82) is 0 Å². The van der Waals surface area contributed by atoms with Crippen molar-refractivity contribution in [2.24, 2.45) is 12.8 Å². The Hall–Kier alpha value is -3.39. The molecule has 1 fully saturated rings. The Kier molecular flexibility index (Phi) is 10.8. The van der Waals surface area contributed by atoms with E-state index in [-0.39, 0.29) is 11.3 Å². The van der Waals surface area contributed by atoms with E-state index in [2.05, 4.69) is 0 Å². The number of alkyl halides is 4. The lowest BCUT2D eigenvalue weighted by Crippen LogP contribution is -2.40. The molecule has 1 saturated carbocycles. The van der Waals surface area contributed by atoms with Crippen LogP contribution in [-0.2, 0) is 24.9 Å². The molecule has 2 heterocycles. The van der Waals surface area contributed by atoms with Crippen molar-refractivity contribution < 1.29 is 27.5 Å². The molecule has 1 atom stereocenters. The van der Waals surface area contributed by atoms with E-state index in [4.69, 9.17) is 20.6 Å². The van der Waals surface area contributed by atoms with Crippen LogP contribution in [0.2, 0.25) is 0 Å². The average Bonchev–Trinajstić information content (AvgIpc) is 3.31. The zero-order valence-corrected chi connectivity index (χ0v) is 24.5. The summed E-state index contributed by atoms with van der Waals surface area (Å²) < 4.78 is 50.9. The summed E-state index contributed by atoms with van der Waals surface area (Å²) in [7, 11) is 1.59. The quantitative estimate of drug-likeness (QED) is 0.272. The summed E-state index contributed by atoms with van der Waals surface area (Å²) in [6, 6.07) is 8.59. The van der Waals surface area contributed by atoms with E-state index in [1.165, 1.54) is 11.0 Å². The molecule has 0 saturated heterocycles. The first-order valence-corrected chi connectivity index (χ1v) is 14.2. The summed E-state index contributed by atoms with van der Waals surface area (Å²) in [6.45, 7) is 4.60. The molecular formula is C28H35F4N5O4S. The van der Waals surface area contributed by atoms with Crippen molar-refractivity contribution in [3.05, 3.63) is 68.4 Å². The highest BCUT2D eigenvalue weighted by atomic mass is 32.2. The maximum Gasteiger partial charge on any atom is 0.490 e. The predicted molar refractivity (Wildman–Crippen MR) is 153 cm³/mol. The number of nitrogens with two attached hydrogens (primary N) is 1. The highest BCUT2D eigenvalue weighted by Crippen LogP contribution is 2.43. The second-order valence-corrected chi connectivity index (χ2v) is 11.9. The van der Waals surface area contributed by atoms with Crippen LogP contribution in [0.4, 0.5) is 17.6 Å². The van der Waals surface area contributed by atoms with Gasteiger partial charge in [-0.1, -0.05) is 73.0 Å². The van der Waals surface area contributed by atoms with Crippen LogP contribution in [0, 0.1) is 0 Å². The van der Waals surface area contributed by atoms with Crippen molar-refractivity contribution in [1.82, 2.24) is 18.7 Å². The lowest BCUT2D eigenvalue weighted by molar-refractivity contribution is -0.192. The second-order valence-electron chi connectivity index (χ2n) is 10.4.